The maximum absolute atomic E-state index is 10.5. The smallest absolute Gasteiger partial charge is 0.276 e. The van der Waals surface area contributed by atoms with Gasteiger partial charge in [0.2, 0.25) is 11.8 Å². The van der Waals surface area contributed by atoms with Gasteiger partial charge in [0.15, 0.2) is 0 Å². The van der Waals surface area contributed by atoms with E-state index in [1.165, 1.54) is 18.7 Å². The number of rotatable bonds is 3. The van der Waals surface area contributed by atoms with E-state index in [1.54, 1.807) is 0 Å². The fourth-order valence-corrected chi connectivity index (χ4v) is 0.894. The van der Waals surface area contributed by atoms with E-state index in [0.29, 0.717) is 17.7 Å². The summed E-state index contributed by atoms with van der Waals surface area (Å²) in [5, 5.41) is 10.5. The van der Waals surface area contributed by atoms with Crippen LogP contribution in [-0.2, 0) is 11.3 Å². The van der Waals surface area contributed by atoms with Crippen LogP contribution in [0.2, 0.25) is 0 Å². The number of amides is 1. The Morgan fingerprint density at radius 3 is 2.92 bits per heavy atom. The summed E-state index contributed by atoms with van der Waals surface area (Å²) in [6.07, 6.45) is 1.84. The number of thioether (sulfide) groups is 1. The molecule has 0 fully saturated rings. The summed E-state index contributed by atoms with van der Waals surface area (Å²) in [5.74, 6) is 0.313. The number of carbonyl (C=O) groups excluding carboxylic acids is 1. The molecular weight excluding hydrogens is 178 g/mol. The Morgan fingerprint density at radius 1 is 1.67 bits per heavy atom. The van der Waals surface area contributed by atoms with Crippen LogP contribution in [0.25, 0.3) is 0 Å². The van der Waals surface area contributed by atoms with Gasteiger partial charge in [0, 0.05) is 6.92 Å². The molecule has 0 radical (unpaired) electrons. The van der Waals surface area contributed by atoms with E-state index in [9.17, 15) is 4.79 Å². The van der Waals surface area contributed by atoms with Crippen molar-refractivity contribution in [3.05, 3.63) is 5.89 Å². The van der Waals surface area contributed by atoms with Crippen LogP contribution in [0, 0.1) is 0 Å². The van der Waals surface area contributed by atoms with E-state index in [4.69, 9.17) is 4.42 Å². The minimum atomic E-state index is -0.112. The first-order chi connectivity index (χ1) is 5.72. The van der Waals surface area contributed by atoms with Crippen molar-refractivity contribution < 1.29 is 9.21 Å². The topological polar surface area (TPSA) is 68.0 Å². The molecule has 0 unspecified atom stereocenters. The Morgan fingerprint density at radius 2 is 2.42 bits per heavy atom. The first-order valence-corrected chi connectivity index (χ1v) is 4.55. The van der Waals surface area contributed by atoms with Gasteiger partial charge >= 0.3 is 0 Å². The summed E-state index contributed by atoms with van der Waals surface area (Å²) in [7, 11) is 0. The first-order valence-electron chi connectivity index (χ1n) is 3.33. The van der Waals surface area contributed by atoms with Crippen LogP contribution >= 0.6 is 11.8 Å². The van der Waals surface area contributed by atoms with Gasteiger partial charge in [0.05, 0.1) is 6.54 Å². The van der Waals surface area contributed by atoms with E-state index in [-0.39, 0.29) is 5.91 Å². The van der Waals surface area contributed by atoms with Crippen molar-refractivity contribution in [2.24, 2.45) is 0 Å². The molecule has 0 aromatic carbocycles. The van der Waals surface area contributed by atoms with Crippen LogP contribution in [0.15, 0.2) is 9.64 Å². The molecule has 66 valence electrons. The lowest BCUT2D eigenvalue weighted by atomic mass is 10.6. The number of carbonyl (C=O) groups is 1. The second-order valence-corrected chi connectivity index (χ2v) is 2.83. The molecule has 1 heterocycles. The Labute approximate surface area is 73.9 Å². The second-order valence-electron chi connectivity index (χ2n) is 2.08. The minimum Gasteiger partial charge on any atom is -0.414 e. The van der Waals surface area contributed by atoms with Gasteiger partial charge in [0.25, 0.3) is 5.22 Å². The maximum Gasteiger partial charge on any atom is 0.276 e. The van der Waals surface area contributed by atoms with Gasteiger partial charge in [-0.25, -0.2) is 0 Å². The van der Waals surface area contributed by atoms with Crippen LogP contribution in [0.4, 0.5) is 0 Å². The fraction of sp³-hybridized carbons (Fsp3) is 0.500. The van der Waals surface area contributed by atoms with Crippen molar-refractivity contribution in [2.45, 2.75) is 18.7 Å². The molecule has 0 bridgehead atoms. The minimum absolute atomic E-state index is 0.112. The third-order valence-corrected chi connectivity index (χ3v) is 1.63. The predicted octanol–water partition coefficient (Wildman–Crippen LogP) is 0.428. The van der Waals surface area contributed by atoms with Gasteiger partial charge in [-0.05, 0) is 6.26 Å². The van der Waals surface area contributed by atoms with Crippen LogP contribution in [0.3, 0.4) is 0 Å². The van der Waals surface area contributed by atoms with E-state index in [0.717, 1.165) is 0 Å². The number of aromatic nitrogens is 2. The molecule has 0 saturated carbocycles. The van der Waals surface area contributed by atoms with Gasteiger partial charge < -0.3 is 9.73 Å². The zero-order chi connectivity index (χ0) is 8.97. The summed E-state index contributed by atoms with van der Waals surface area (Å²) < 4.78 is 5.11. The summed E-state index contributed by atoms with van der Waals surface area (Å²) in [6, 6.07) is 0. The highest BCUT2D eigenvalue weighted by molar-refractivity contribution is 7.98. The normalized spacial score (nSPS) is 9.83. The Hall–Kier alpha value is -1.04. The lowest BCUT2D eigenvalue weighted by Crippen LogP contribution is -2.18. The zero-order valence-corrected chi connectivity index (χ0v) is 7.64. The summed E-state index contributed by atoms with van der Waals surface area (Å²) >= 11 is 1.37. The van der Waals surface area contributed by atoms with Crippen LogP contribution in [0.1, 0.15) is 12.8 Å². The average Bonchev–Trinajstić information content (AvgIpc) is 2.48. The highest BCUT2D eigenvalue weighted by Gasteiger charge is 2.03. The van der Waals surface area contributed by atoms with Crippen LogP contribution in [0.5, 0.6) is 0 Å². The number of nitrogens with one attached hydrogen (secondary N) is 1. The highest BCUT2D eigenvalue weighted by atomic mass is 32.2. The first kappa shape index (κ1) is 9.05. The van der Waals surface area contributed by atoms with Crippen molar-refractivity contribution in [2.75, 3.05) is 6.26 Å². The molecule has 1 rings (SSSR count). The number of hydrogen-bond acceptors (Lipinski definition) is 5. The number of hydrogen-bond donors (Lipinski definition) is 1. The molecule has 0 saturated heterocycles. The highest BCUT2D eigenvalue weighted by Crippen LogP contribution is 2.11. The molecule has 0 aliphatic carbocycles. The standard InChI is InChI=1S/C6H9N3O2S/c1-4(10)7-3-5-8-9-6(11-5)12-2/h3H2,1-2H3,(H,7,10). The Kier molecular flexibility index (Phi) is 3.09. The van der Waals surface area contributed by atoms with Crippen LogP contribution in [-0.4, -0.2) is 22.4 Å². The molecule has 1 N–H and O–H groups in total. The third-order valence-electron chi connectivity index (χ3n) is 1.11. The van der Waals surface area contributed by atoms with Crippen molar-refractivity contribution >= 4 is 17.7 Å². The average molecular weight is 187 g/mol. The van der Waals surface area contributed by atoms with E-state index in [2.05, 4.69) is 15.5 Å². The maximum atomic E-state index is 10.5. The monoisotopic (exact) mass is 187 g/mol. The van der Waals surface area contributed by atoms with E-state index >= 15 is 0 Å². The van der Waals surface area contributed by atoms with Gasteiger partial charge in [-0.2, -0.15) is 0 Å². The zero-order valence-electron chi connectivity index (χ0n) is 6.83. The molecule has 0 spiro atoms. The lowest BCUT2D eigenvalue weighted by Gasteiger charge is -1.94. The van der Waals surface area contributed by atoms with Crippen molar-refractivity contribution in [1.29, 1.82) is 0 Å². The molecule has 1 amide bonds. The lowest BCUT2D eigenvalue weighted by molar-refractivity contribution is -0.119. The molecule has 1 aromatic heterocycles. The molecular formula is C6H9N3O2S. The van der Waals surface area contributed by atoms with Gasteiger partial charge in [-0.3, -0.25) is 4.79 Å². The van der Waals surface area contributed by atoms with Gasteiger partial charge in [0.1, 0.15) is 0 Å². The fourth-order valence-electron chi connectivity index (χ4n) is 0.592. The number of nitrogens with zero attached hydrogens (tertiary/aromatic N) is 2. The molecule has 1 aromatic rings. The Bertz CT molecular complexity index is 274. The third kappa shape index (κ3) is 2.54. The SMILES string of the molecule is CSc1nnc(CNC(C)=O)o1. The quantitative estimate of drug-likeness (QED) is 0.695. The van der Waals surface area contributed by atoms with Gasteiger partial charge in [-0.1, -0.05) is 11.8 Å². The van der Waals surface area contributed by atoms with E-state index < -0.39 is 0 Å². The Balaban J connectivity index is 2.47. The van der Waals surface area contributed by atoms with Gasteiger partial charge in [-0.15, -0.1) is 10.2 Å². The summed E-state index contributed by atoms with van der Waals surface area (Å²) in [4.78, 5) is 10.5. The van der Waals surface area contributed by atoms with Crippen LogP contribution < -0.4 is 5.32 Å². The van der Waals surface area contributed by atoms with Crippen molar-refractivity contribution in [3.8, 4) is 0 Å². The largest absolute Gasteiger partial charge is 0.414 e. The molecule has 5 nitrogen and oxygen atoms in total. The molecule has 6 heteroatoms. The summed E-state index contributed by atoms with van der Waals surface area (Å²) in [6.45, 7) is 1.73. The summed E-state index contributed by atoms with van der Waals surface area (Å²) in [5.41, 5.74) is 0. The van der Waals surface area contributed by atoms with Crippen molar-refractivity contribution in [1.82, 2.24) is 15.5 Å². The molecule has 12 heavy (non-hydrogen) atoms. The van der Waals surface area contributed by atoms with E-state index in [1.807, 2.05) is 6.26 Å². The molecule has 0 atom stereocenters. The van der Waals surface area contributed by atoms with Crippen molar-refractivity contribution in [3.63, 3.8) is 0 Å². The predicted molar refractivity (Wildman–Crippen MR) is 43.6 cm³/mol. The molecule has 0 aliphatic heterocycles. The second kappa shape index (κ2) is 4.10. The molecule has 0 aliphatic rings.